The number of hydrogen-bond acceptors (Lipinski definition) is 2. The largest absolute Gasteiger partial charge is 0.322 e. The summed E-state index contributed by atoms with van der Waals surface area (Å²) >= 11 is 1.54. The normalized spacial score (nSPS) is 13.3. The van der Waals surface area contributed by atoms with Gasteiger partial charge in [-0.1, -0.05) is 36.0 Å². The molecule has 106 valence electrons. The first-order chi connectivity index (χ1) is 10.3. The van der Waals surface area contributed by atoms with Crippen molar-refractivity contribution >= 4 is 23.4 Å². The second-order valence-corrected chi connectivity index (χ2v) is 6.04. The number of hydrogen-bond donors (Lipinski definition) is 1. The summed E-state index contributed by atoms with van der Waals surface area (Å²) in [5.74, 6) is -0.0867. The van der Waals surface area contributed by atoms with Gasteiger partial charge in [-0.3, -0.25) is 4.79 Å². The van der Waals surface area contributed by atoms with Crippen molar-refractivity contribution in [3.8, 4) is 0 Å². The lowest BCUT2D eigenvalue weighted by atomic mass is 10.1. The Bertz CT molecular complexity index is 664. The van der Waals surface area contributed by atoms with Gasteiger partial charge in [-0.05, 0) is 60.1 Å². The SMILES string of the molecule is O=C(/C=C/Sc1ccccc1)Nc1ccc2c(c1)CCC2. The third kappa shape index (κ3) is 3.76. The third-order valence-electron chi connectivity index (χ3n) is 3.53. The summed E-state index contributed by atoms with van der Waals surface area (Å²) in [5, 5.41) is 4.74. The zero-order valence-corrected chi connectivity index (χ0v) is 12.5. The van der Waals surface area contributed by atoms with Gasteiger partial charge in [0.2, 0.25) is 5.91 Å². The third-order valence-corrected chi connectivity index (χ3v) is 4.35. The zero-order valence-electron chi connectivity index (χ0n) is 11.7. The van der Waals surface area contributed by atoms with E-state index in [9.17, 15) is 4.79 Å². The van der Waals surface area contributed by atoms with Crippen LogP contribution in [0.4, 0.5) is 5.69 Å². The standard InChI is InChI=1S/C18H17NOS/c20-18(11-12-21-17-7-2-1-3-8-17)19-16-10-9-14-5-4-6-15(14)13-16/h1-3,7-13H,4-6H2,(H,19,20)/b12-11+. The van der Waals surface area contributed by atoms with Crippen LogP contribution in [0, 0.1) is 0 Å². The maximum atomic E-state index is 11.9. The van der Waals surface area contributed by atoms with Gasteiger partial charge < -0.3 is 5.32 Å². The van der Waals surface area contributed by atoms with Gasteiger partial charge in [0, 0.05) is 16.7 Å². The van der Waals surface area contributed by atoms with Crippen molar-refractivity contribution in [2.75, 3.05) is 5.32 Å². The molecule has 2 aromatic carbocycles. The van der Waals surface area contributed by atoms with Gasteiger partial charge in [0.1, 0.15) is 0 Å². The van der Waals surface area contributed by atoms with Gasteiger partial charge in [0.25, 0.3) is 0 Å². The second kappa shape index (κ2) is 6.64. The highest BCUT2D eigenvalue weighted by Gasteiger charge is 2.11. The number of thioether (sulfide) groups is 1. The summed E-state index contributed by atoms with van der Waals surface area (Å²) in [6.45, 7) is 0. The fourth-order valence-electron chi connectivity index (χ4n) is 2.51. The number of aryl methyl sites for hydroxylation is 2. The molecule has 0 saturated carbocycles. The molecule has 0 saturated heterocycles. The predicted octanol–water partition coefficient (Wildman–Crippen LogP) is 4.42. The lowest BCUT2D eigenvalue weighted by molar-refractivity contribution is -0.111. The van der Waals surface area contributed by atoms with E-state index in [1.165, 1.54) is 29.3 Å². The van der Waals surface area contributed by atoms with Crippen LogP contribution in [-0.4, -0.2) is 5.91 Å². The highest BCUT2D eigenvalue weighted by atomic mass is 32.2. The van der Waals surface area contributed by atoms with Crippen molar-refractivity contribution in [1.29, 1.82) is 0 Å². The maximum Gasteiger partial charge on any atom is 0.248 e. The summed E-state index contributed by atoms with van der Waals surface area (Å²) in [4.78, 5) is 13.0. The van der Waals surface area contributed by atoms with E-state index in [0.29, 0.717) is 0 Å². The molecule has 0 bridgehead atoms. The fourth-order valence-corrected chi connectivity index (χ4v) is 3.17. The molecule has 2 aromatic rings. The number of anilines is 1. The number of carbonyl (C=O) groups is 1. The minimum atomic E-state index is -0.0867. The van der Waals surface area contributed by atoms with E-state index in [0.717, 1.165) is 23.4 Å². The van der Waals surface area contributed by atoms with E-state index < -0.39 is 0 Å². The van der Waals surface area contributed by atoms with E-state index >= 15 is 0 Å². The molecule has 0 aromatic heterocycles. The Morgan fingerprint density at radius 2 is 1.86 bits per heavy atom. The molecule has 0 fully saturated rings. The van der Waals surface area contributed by atoms with E-state index in [2.05, 4.69) is 17.4 Å². The van der Waals surface area contributed by atoms with E-state index in [1.807, 2.05) is 41.8 Å². The van der Waals surface area contributed by atoms with Crippen LogP contribution in [-0.2, 0) is 17.6 Å². The topological polar surface area (TPSA) is 29.1 Å². The first-order valence-corrected chi connectivity index (χ1v) is 8.00. The molecule has 0 radical (unpaired) electrons. The van der Waals surface area contributed by atoms with Crippen molar-refractivity contribution < 1.29 is 4.79 Å². The van der Waals surface area contributed by atoms with Gasteiger partial charge >= 0.3 is 0 Å². The summed E-state index contributed by atoms with van der Waals surface area (Å²) in [6, 6.07) is 16.2. The quantitative estimate of drug-likeness (QED) is 0.668. The molecule has 0 spiro atoms. The molecule has 0 atom stereocenters. The Morgan fingerprint density at radius 3 is 2.71 bits per heavy atom. The lowest BCUT2D eigenvalue weighted by Crippen LogP contribution is -2.07. The van der Waals surface area contributed by atoms with Gasteiger partial charge in [-0.25, -0.2) is 0 Å². The minimum Gasteiger partial charge on any atom is -0.322 e. The van der Waals surface area contributed by atoms with Crippen molar-refractivity contribution in [2.45, 2.75) is 24.2 Å². The highest BCUT2D eigenvalue weighted by Crippen LogP contribution is 2.25. The van der Waals surface area contributed by atoms with Crippen LogP contribution in [0.1, 0.15) is 17.5 Å². The first-order valence-electron chi connectivity index (χ1n) is 7.12. The molecule has 0 unspecified atom stereocenters. The van der Waals surface area contributed by atoms with Gasteiger partial charge in [-0.15, -0.1) is 0 Å². The molecule has 3 heteroatoms. The molecule has 21 heavy (non-hydrogen) atoms. The van der Waals surface area contributed by atoms with E-state index in [1.54, 1.807) is 6.08 Å². The van der Waals surface area contributed by atoms with Crippen molar-refractivity contribution in [3.05, 3.63) is 71.1 Å². The van der Waals surface area contributed by atoms with Crippen LogP contribution in [0.25, 0.3) is 0 Å². The Balaban J connectivity index is 1.56. The summed E-state index contributed by atoms with van der Waals surface area (Å²) in [5.41, 5.74) is 3.67. The van der Waals surface area contributed by atoms with Crippen LogP contribution >= 0.6 is 11.8 Å². The average molecular weight is 295 g/mol. The van der Waals surface area contributed by atoms with Crippen LogP contribution in [0.5, 0.6) is 0 Å². The van der Waals surface area contributed by atoms with Crippen molar-refractivity contribution in [2.24, 2.45) is 0 Å². The summed E-state index contributed by atoms with van der Waals surface area (Å²) < 4.78 is 0. The molecule has 1 aliphatic rings. The Morgan fingerprint density at radius 1 is 1.05 bits per heavy atom. The summed E-state index contributed by atoms with van der Waals surface area (Å²) in [7, 11) is 0. The fraction of sp³-hybridized carbons (Fsp3) is 0.167. The molecule has 0 heterocycles. The number of fused-ring (bicyclic) bond motifs is 1. The molecule has 3 rings (SSSR count). The van der Waals surface area contributed by atoms with Crippen LogP contribution < -0.4 is 5.32 Å². The van der Waals surface area contributed by atoms with E-state index in [4.69, 9.17) is 0 Å². The number of amides is 1. The lowest BCUT2D eigenvalue weighted by Gasteiger charge is -2.05. The van der Waals surface area contributed by atoms with Gasteiger partial charge in [0.15, 0.2) is 0 Å². The zero-order chi connectivity index (χ0) is 14.5. The van der Waals surface area contributed by atoms with Crippen LogP contribution in [0.2, 0.25) is 0 Å². The molecule has 1 aliphatic carbocycles. The van der Waals surface area contributed by atoms with Gasteiger partial charge in [0.05, 0.1) is 0 Å². The molecular formula is C18H17NOS. The Labute approximate surface area is 129 Å². The minimum absolute atomic E-state index is 0.0867. The monoisotopic (exact) mass is 295 g/mol. The molecular weight excluding hydrogens is 278 g/mol. The maximum absolute atomic E-state index is 11.9. The molecule has 1 N–H and O–H groups in total. The van der Waals surface area contributed by atoms with Crippen molar-refractivity contribution in [3.63, 3.8) is 0 Å². The van der Waals surface area contributed by atoms with Crippen LogP contribution in [0.15, 0.2) is 64.9 Å². The second-order valence-electron chi connectivity index (χ2n) is 5.06. The van der Waals surface area contributed by atoms with Crippen LogP contribution in [0.3, 0.4) is 0 Å². The number of benzene rings is 2. The van der Waals surface area contributed by atoms with Crippen molar-refractivity contribution in [1.82, 2.24) is 0 Å². The Hall–Kier alpha value is -2.00. The Kier molecular flexibility index (Phi) is 4.41. The highest BCUT2D eigenvalue weighted by molar-refractivity contribution is 8.02. The number of nitrogens with one attached hydrogen (secondary N) is 1. The van der Waals surface area contributed by atoms with Gasteiger partial charge in [-0.2, -0.15) is 0 Å². The van der Waals surface area contributed by atoms with E-state index in [-0.39, 0.29) is 5.91 Å². The molecule has 2 nitrogen and oxygen atoms in total. The number of carbonyl (C=O) groups excluding carboxylic acids is 1. The smallest absolute Gasteiger partial charge is 0.248 e. The summed E-state index contributed by atoms with van der Waals surface area (Å²) in [6.07, 6.45) is 5.08. The molecule has 1 amide bonds. The predicted molar refractivity (Wildman–Crippen MR) is 88.5 cm³/mol. The molecule has 0 aliphatic heterocycles. The number of rotatable bonds is 4. The average Bonchev–Trinajstić information content (AvgIpc) is 2.96. The first kappa shape index (κ1) is 14.0.